The van der Waals surface area contributed by atoms with Gasteiger partial charge in [0.1, 0.15) is 10.3 Å². The molecule has 7 heteroatoms. The zero-order valence-corrected chi connectivity index (χ0v) is 9.22. The third-order valence-electron chi connectivity index (χ3n) is 1.66. The Morgan fingerprint density at radius 2 is 2.27 bits per heavy atom. The molecule has 0 aliphatic heterocycles. The molecule has 1 heterocycles. The van der Waals surface area contributed by atoms with Crippen LogP contribution >= 0.6 is 15.9 Å². The Bertz CT molecular complexity index is 398. The van der Waals surface area contributed by atoms with Crippen LogP contribution in [0.2, 0.25) is 0 Å². The second-order valence-corrected chi connectivity index (χ2v) is 3.34. The number of rotatable bonds is 2. The van der Waals surface area contributed by atoms with Crippen LogP contribution in [0.15, 0.2) is 10.7 Å². The Hall–Kier alpha value is -1.24. The van der Waals surface area contributed by atoms with Gasteiger partial charge >= 0.3 is 5.97 Å². The summed E-state index contributed by atoms with van der Waals surface area (Å²) in [6, 6.07) is 0.913. The van der Waals surface area contributed by atoms with Gasteiger partial charge in [0.2, 0.25) is 0 Å². The third kappa shape index (κ3) is 2.41. The summed E-state index contributed by atoms with van der Waals surface area (Å²) >= 11 is 2.89. The van der Waals surface area contributed by atoms with Crippen molar-refractivity contribution in [1.29, 1.82) is 0 Å². The molecule has 0 bridgehead atoms. The molecule has 0 atom stereocenters. The minimum Gasteiger partial charge on any atom is -0.465 e. The van der Waals surface area contributed by atoms with Gasteiger partial charge in [-0.3, -0.25) is 0 Å². The Morgan fingerprint density at radius 3 is 2.73 bits per heavy atom. The zero-order valence-electron chi connectivity index (χ0n) is 7.63. The Kier molecular flexibility index (Phi) is 3.57. The van der Waals surface area contributed by atoms with Crippen LogP contribution in [0.4, 0.5) is 14.5 Å². The lowest BCUT2D eigenvalue weighted by molar-refractivity contribution is 0.0601. The van der Waals surface area contributed by atoms with E-state index in [9.17, 15) is 13.6 Å². The highest BCUT2D eigenvalue weighted by molar-refractivity contribution is 9.10. The van der Waals surface area contributed by atoms with Crippen molar-refractivity contribution < 1.29 is 18.3 Å². The van der Waals surface area contributed by atoms with Gasteiger partial charge in [0, 0.05) is 0 Å². The quantitative estimate of drug-likeness (QED) is 0.666. The Labute approximate surface area is 92.6 Å². The van der Waals surface area contributed by atoms with Crippen molar-refractivity contribution in [1.82, 2.24) is 4.98 Å². The van der Waals surface area contributed by atoms with Gasteiger partial charge in [-0.1, -0.05) is 0 Å². The number of esters is 1. The van der Waals surface area contributed by atoms with Crippen molar-refractivity contribution >= 4 is 27.6 Å². The third-order valence-corrected chi connectivity index (χ3v) is 2.27. The van der Waals surface area contributed by atoms with Gasteiger partial charge in [0.05, 0.1) is 18.4 Å². The number of ether oxygens (including phenoxy) is 1. The van der Waals surface area contributed by atoms with Crippen molar-refractivity contribution in [3.8, 4) is 0 Å². The van der Waals surface area contributed by atoms with Crippen LogP contribution in [0.1, 0.15) is 22.5 Å². The summed E-state index contributed by atoms with van der Waals surface area (Å²) in [7, 11) is 1.14. The summed E-state index contributed by atoms with van der Waals surface area (Å²) in [6.07, 6.45) is -2.77. The number of hydrogen-bond donors (Lipinski definition) is 1. The number of hydrogen-bond acceptors (Lipinski definition) is 4. The number of carbonyl (C=O) groups excluding carboxylic acids is 1. The van der Waals surface area contributed by atoms with Crippen molar-refractivity contribution in [2.24, 2.45) is 0 Å². The predicted molar refractivity (Wildman–Crippen MR) is 52.6 cm³/mol. The molecule has 0 radical (unpaired) electrons. The molecular weight excluding hydrogens is 274 g/mol. The number of alkyl halides is 2. The maximum atomic E-state index is 12.3. The van der Waals surface area contributed by atoms with E-state index in [-0.39, 0.29) is 15.9 Å². The van der Waals surface area contributed by atoms with Crippen molar-refractivity contribution in [3.05, 3.63) is 21.9 Å². The van der Waals surface area contributed by atoms with E-state index in [0.717, 1.165) is 13.2 Å². The summed E-state index contributed by atoms with van der Waals surface area (Å²) in [5.41, 5.74) is 4.79. The molecule has 1 rings (SSSR count). The molecule has 0 spiro atoms. The Balaban J connectivity index is 3.31. The fraction of sp³-hybridized carbons (Fsp3) is 0.250. The molecule has 82 valence electrons. The van der Waals surface area contributed by atoms with Crippen LogP contribution in [0, 0.1) is 0 Å². The maximum absolute atomic E-state index is 12.3. The van der Waals surface area contributed by atoms with Gasteiger partial charge in [-0.2, -0.15) is 0 Å². The lowest BCUT2D eigenvalue weighted by Crippen LogP contribution is -2.09. The number of aromatic nitrogens is 1. The number of halogens is 3. The summed E-state index contributed by atoms with van der Waals surface area (Å²) < 4.78 is 29.1. The molecule has 0 unspecified atom stereocenters. The summed E-state index contributed by atoms with van der Waals surface area (Å²) in [6.45, 7) is 0. The average molecular weight is 281 g/mol. The fourth-order valence-corrected chi connectivity index (χ4v) is 1.35. The molecule has 1 aromatic rings. The number of pyridine rings is 1. The van der Waals surface area contributed by atoms with Gasteiger partial charge in [-0.15, -0.1) is 0 Å². The van der Waals surface area contributed by atoms with Crippen LogP contribution in [0.5, 0.6) is 0 Å². The first-order chi connectivity index (χ1) is 6.97. The summed E-state index contributed by atoms with van der Waals surface area (Å²) in [4.78, 5) is 14.6. The normalized spacial score (nSPS) is 10.5. The van der Waals surface area contributed by atoms with E-state index >= 15 is 0 Å². The van der Waals surface area contributed by atoms with Crippen LogP contribution in [-0.4, -0.2) is 18.1 Å². The number of nitrogen functional groups attached to an aromatic ring is 1. The summed E-state index contributed by atoms with van der Waals surface area (Å²) in [5, 5.41) is 0. The molecule has 0 aromatic carbocycles. The van der Waals surface area contributed by atoms with Crippen molar-refractivity contribution in [2.75, 3.05) is 12.8 Å². The lowest BCUT2D eigenvalue weighted by Gasteiger charge is -2.07. The monoisotopic (exact) mass is 280 g/mol. The number of methoxy groups -OCH3 is 1. The molecule has 1 aromatic heterocycles. The van der Waals surface area contributed by atoms with Gasteiger partial charge in [0.15, 0.2) is 0 Å². The van der Waals surface area contributed by atoms with E-state index in [1.54, 1.807) is 0 Å². The van der Waals surface area contributed by atoms with Crippen LogP contribution in [0.25, 0.3) is 0 Å². The largest absolute Gasteiger partial charge is 0.465 e. The van der Waals surface area contributed by atoms with E-state index in [4.69, 9.17) is 5.73 Å². The van der Waals surface area contributed by atoms with Crippen LogP contribution in [-0.2, 0) is 4.74 Å². The number of nitrogens with two attached hydrogens (primary N) is 1. The smallest absolute Gasteiger partial charge is 0.340 e. The number of anilines is 1. The van der Waals surface area contributed by atoms with Crippen LogP contribution < -0.4 is 5.73 Å². The second-order valence-electron chi connectivity index (χ2n) is 2.59. The van der Waals surface area contributed by atoms with Gasteiger partial charge in [0.25, 0.3) is 6.43 Å². The topological polar surface area (TPSA) is 65.2 Å². The van der Waals surface area contributed by atoms with E-state index in [0.29, 0.717) is 0 Å². The molecule has 0 aliphatic rings. The van der Waals surface area contributed by atoms with E-state index in [1.165, 1.54) is 0 Å². The first-order valence-electron chi connectivity index (χ1n) is 3.79. The molecule has 2 N–H and O–H groups in total. The molecule has 0 aliphatic carbocycles. The number of carbonyl (C=O) groups is 1. The average Bonchev–Trinajstić information content (AvgIpc) is 2.20. The second kappa shape index (κ2) is 4.52. The van der Waals surface area contributed by atoms with E-state index in [2.05, 4.69) is 25.7 Å². The van der Waals surface area contributed by atoms with Crippen molar-refractivity contribution in [2.45, 2.75) is 6.43 Å². The molecular formula is C8H7BrF2N2O2. The molecule has 0 amide bonds. The minimum atomic E-state index is -2.77. The highest BCUT2D eigenvalue weighted by Gasteiger charge is 2.19. The van der Waals surface area contributed by atoms with E-state index in [1.807, 2.05) is 0 Å². The number of nitrogens with zero attached hydrogens (tertiary/aromatic N) is 1. The Morgan fingerprint density at radius 1 is 1.67 bits per heavy atom. The lowest BCUT2D eigenvalue weighted by atomic mass is 10.2. The zero-order chi connectivity index (χ0) is 11.6. The SMILES string of the molecule is COC(=O)c1cc(C(F)F)nc(Br)c1N. The molecule has 0 fully saturated rings. The predicted octanol–water partition coefficient (Wildman–Crippen LogP) is 2.15. The maximum Gasteiger partial charge on any atom is 0.340 e. The molecule has 0 saturated carbocycles. The van der Waals surface area contributed by atoms with Gasteiger partial charge in [-0.05, 0) is 22.0 Å². The first kappa shape index (κ1) is 11.8. The fourth-order valence-electron chi connectivity index (χ4n) is 0.933. The highest BCUT2D eigenvalue weighted by Crippen LogP contribution is 2.27. The standard InChI is InChI=1S/C8H7BrF2N2O2/c1-15-8(14)3-2-4(7(10)11)13-6(9)5(3)12/h2,7H,12H2,1H3. The molecule has 15 heavy (non-hydrogen) atoms. The van der Waals surface area contributed by atoms with Gasteiger partial charge < -0.3 is 10.5 Å². The van der Waals surface area contributed by atoms with Gasteiger partial charge in [-0.25, -0.2) is 18.6 Å². The molecule has 4 nitrogen and oxygen atoms in total. The van der Waals surface area contributed by atoms with E-state index < -0.39 is 18.1 Å². The first-order valence-corrected chi connectivity index (χ1v) is 4.59. The van der Waals surface area contributed by atoms with Crippen LogP contribution in [0.3, 0.4) is 0 Å². The highest BCUT2D eigenvalue weighted by atomic mass is 79.9. The molecule has 0 saturated heterocycles. The minimum absolute atomic E-state index is 0.000648. The van der Waals surface area contributed by atoms with Crippen molar-refractivity contribution in [3.63, 3.8) is 0 Å². The summed E-state index contributed by atoms with van der Waals surface area (Å²) in [5.74, 6) is -0.780.